The van der Waals surface area contributed by atoms with Crippen molar-refractivity contribution in [2.75, 3.05) is 6.54 Å². The number of nitrogens with one attached hydrogen (secondary N) is 1. The summed E-state index contributed by atoms with van der Waals surface area (Å²) in [6.45, 7) is 13.2. The van der Waals surface area contributed by atoms with Crippen molar-refractivity contribution in [1.82, 2.24) is 5.32 Å². The van der Waals surface area contributed by atoms with E-state index >= 15 is 0 Å². The second kappa shape index (κ2) is 6.91. The summed E-state index contributed by atoms with van der Waals surface area (Å²) in [5.41, 5.74) is 0.274. The third-order valence-corrected chi connectivity index (χ3v) is 2.60. The van der Waals surface area contributed by atoms with E-state index in [1.54, 1.807) is 0 Å². The lowest BCUT2D eigenvalue weighted by atomic mass is 9.89. The van der Waals surface area contributed by atoms with Crippen LogP contribution in [0, 0.1) is 10.8 Å². The SMILES string of the molecule is CC(C)(C)CCC(=O)CCC(=O)NCC(C)(C)C. The maximum atomic E-state index is 11.6. The average molecular weight is 255 g/mol. The van der Waals surface area contributed by atoms with E-state index in [2.05, 4.69) is 46.9 Å². The zero-order valence-electron chi connectivity index (χ0n) is 12.9. The molecule has 0 fully saturated rings. The molecule has 0 spiro atoms. The number of hydrogen-bond acceptors (Lipinski definition) is 2. The number of hydrogen-bond donors (Lipinski definition) is 1. The van der Waals surface area contributed by atoms with Crippen LogP contribution in [0.2, 0.25) is 0 Å². The molecular weight excluding hydrogens is 226 g/mol. The zero-order valence-corrected chi connectivity index (χ0v) is 12.9. The minimum atomic E-state index is -0.0194. The van der Waals surface area contributed by atoms with Crippen LogP contribution < -0.4 is 5.32 Å². The molecule has 0 aromatic rings. The Bertz CT molecular complexity index is 252. The van der Waals surface area contributed by atoms with E-state index in [9.17, 15) is 9.59 Å². The molecule has 0 aliphatic rings. The van der Waals surface area contributed by atoms with Crippen LogP contribution in [-0.4, -0.2) is 18.2 Å². The Kier molecular flexibility index (Phi) is 6.58. The van der Waals surface area contributed by atoms with Gasteiger partial charge in [0.25, 0.3) is 0 Å². The van der Waals surface area contributed by atoms with Crippen LogP contribution >= 0.6 is 0 Å². The van der Waals surface area contributed by atoms with Crippen LogP contribution in [0.15, 0.2) is 0 Å². The lowest BCUT2D eigenvalue weighted by Gasteiger charge is -2.19. The van der Waals surface area contributed by atoms with Crippen molar-refractivity contribution >= 4 is 11.7 Å². The molecule has 0 aromatic carbocycles. The minimum absolute atomic E-state index is 0.0194. The van der Waals surface area contributed by atoms with E-state index in [1.807, 2.05) is 0 Å². The van der Waals surface area contributed by atoms with Gasteiger partial charge >= 0.3 is 0 Å². The predicted molar refractivity (Wildman–Crippen MR) is 75.4 cm³/mol. The molecule has 0 unspecified atom stereocenters. The van der Waals surface area contributed by atoms with Gasteiger partial charge in [-0.15, -0.1) is 0 Å². The molecule has 3 heteroatoms. The quantitative estimate of drug-likeness (QED) is 0.791. The molecule has 0 saturated carbocycles. The van der Waals surface area contributed by atoms with Gasteiger partial charge < -0.3 is 5.32 Å². The molecule has 3 nitrogen and oxygen atoms in total. The lowest BCUT2D eigenvalue weighted by molar-refractivity contribution is -0.125. The zero-order chi connectivity index (χ0) is 14.4. The molecule has 18 heavy (non-hydrogen) atoms. The Hall–Kier alpha value is -0.860. The Balaban J connectivity index is 3.76. The molecule has 0 aromatic heterocycles. The fourth-order valence-corrected chi connectivity index (χ4v) is 1.34. The maximum absolute atomic E-state index is 11.6. The van der Waals surface area contributed by atoms with E-state index in [0.29, 0.717) is 25.8 Å². The summed E-state index contributed by atoms with van der Waals surface area (Å²) in [7, 11) is 0. The molecule has 0 bridgehead atoms. The number of amides is 1. The number of rotatable bonds is 6. The summed E-state index contributed by atoms with van der Waals surface area (Å²) in [6, 6.07) is 0. The van der Waals surface area contributed by atoms with Crippen LogP contribution in [0.3, 0.4) is 0 Å². The van der Waals surface area contributed by atoms with Crippen LogP contribution in [0.5, 0.6) is 0 Å². The van der Waals surface area contributed by atoms with Crippen LogP contribution in [0.4, 0.5) is 0 Å². The normalized spacial score (nSPS) is 12.3. The van der Waals surface area contributed by atoms with Gasteiger partial charge in [-0.1, -0.05) is 41.5 Å². The summed E-state index contributed by atoms with van der Waals surface area (Å²) >= 11 is 0. The van der Waals surface area contributed by atoms with E-state index < -0.39 is 0 Å². The summed E-state index contributed by atoms with van der Waals surface area (Å²) in [4.78, 5) is 23.1. The molecule has 0 atom stereocenters. The molecular formula is C15H29NO2. The van der Waals surface area contributed by atoms with Crippen molar-refractivity contribution in [3.05, 3.63) is 0 Å². The monoisotopic (exact) mass is 255 g/mol. The third-order valence-electron chi connectivity index (χ3n) is 2.60. The van der Waals surface area contributed by atoms with Gasteiger partial charge in [-0.05, 0) is 17.3 Å². The summed E-state index contributed by atoms with van der Waals surface area (Å²) in [5, 5.41) is 2.86. The first-order valence-electron chi connectivity index (χ1n) is 6.78. The fraction of sp³-hybridized carbons (Fsp3) is 0.867. The van der Waals surface area contributed by atoms with Gasteiger partial charge in [0.1, 0.15) is 5.78 Å². The minimum Gasteiger partial charge on any atom is -0.356 e. The predicted octanol–water partition coefficient (Wildman–Crippen LogP) is 3.32. The molecule has 1 N–H and O–H groups in total. The van der Waals surface area contributed by atoms with Gasteiger partial charge in [-0.2, -0.15) is 0 Å². The van der Waals surface area contributed by atoms with E-state index in [-0.39, 0.29) is 22.5 Å². The fourth-order valence-electron chi connectivity index (χ4n) is 1.34. The summed E-state index contributed by atoms with van der Waals surface area (Å²) < 4.78 is 0. The molecule has 0 radical (unpaired) electrons. The highest BCUT2D eigenvalue weighted by Gasteiger charge is 2.15. The molecule has 106 valence electrons. The van der Waals surface area contributed by atoms with Crippen LogP contribution in [0.25, 0.3) is 0 Å². The Morgan fingerprint density at radius 2 is 1.39 bits per heavy atom. The third kappa shape index (κ3) is 11.6. The maximum Gasteiger partial charge on any atom is 0.220 e. The van der Waals surface area contributed by atoms with Gasteiger partial charge in [0.2, 0.25) is 5.91 Å². The number of Topliss-reactive ketones (excluding diaryl/α,β-unsaturated/α-hetero) is 1. The standard InChI is InChI=1S/C15H29NO2/c1-14(2,3)10-9-12(17)7-8-13(18)16-11-15(4,5)6/h7-11H2,1-6H3,(H,16,18). The largest absolute Gasteiger partial charge is 0.356 e. The number of ketones is 1. The van der Waals surface area contributed by atoms with Crippen molar-refractivity contribution in [2.24, 2.45) is 10.8 Å². The van der Waals surface area contributed by atoms with Gasteiger partial charge in [0.15, 0.2) is 0 Å². The van der Waals surface area contributed by atoms with E-state index in [0.717, 1.165) is 6.42 Å². The molecule has 0 aliphatic carbocycles. The average Bonchev–Trinajstić information content (AvgIpc) is 2.18. The van der Waals surface area contributed by atoms with Gasteiger partial charge in [-0.3, -0.25) is 9.59 Å². The molecule has 0 rings (SSSR count). The topological polar surface area (TPSA) is 46.2 Å². The Morgan fingerprint density at radius 3 is 1.83 bits per heavy atom. The van der Waals surface area contributed by atoms with Crippen molar-refractivity contribution in [3.63, 3.8) is 0 Å². The Morgan fingerprint density at radius 1 is 0.833 bits per heavy atom. The highest BCUT2D eigenvalue weighted by atomic mass is 16.2. The molecule has 0 heterocycles. The van der Waals surface area contributed by atoms with E-state index in [4.69, 9.17) is 0 Å². The summed E-state index contributed by atoms with van der Waals surface area (Å²) in [5.74, 6) is 0.171. The Labute approximate surface area is 112 Å². The van der Waals surface area contributed by atoms with Crippen molar-refractivity contribution in [3.8, 4) is 0 Å². The van der Waals surface area contributed by atoms with Gasteiger partial charge in [-0.25, -0.2) is 0 Å². The molecule has 1 amide bonds. The van der Waals surface area contributed by atoms with Gasteiger partial charge in [0.05, 0.1) is 0 Å². The van der Waals surface area contributed by atoms with Crippen molar-refractivity contribution in [2.45, 2.75) is 67.2 Å². The second-order valence-electron chi connectivity index (χ2n) is 7.44. The number of carbonyl (C=O) groups is 2. The number of carbonyl (C=O) groups excluding carboxylic acids is 2. The summed E-state index contributed by atoms with van der Waals surface area (Å²) in [6.07, 6.45) is 2.15. The van der Waals surface area contributed by atoms with Crippen molar-refractivity contribution < 1.29 is 9.59 Å². The smallest absolute Gasteiger partial charge is 0.220 e. The second-order valence-corrected chi connectivity index (χ2v) is 7.44. The van der Waals surface area contributed by atoms with Crippen molar-refractivity contribution in [1.29, 1.82) is 0 Å². The first kappa shape index (κ1) is 17.1. The molecule has 0 saturated heterocycles. The van der Waals surface area contributed by atoms with Crippen LogP contribution in [-0.2, 0) is 9.59 Å². The molecule has 0 aliphatic heterocycles. The first-order valence-corrected chi connectivity index (χ1v) is 6.78. The van der Waals surface area contributed by atoms with Gasteiger partial charge in [0, 0.05) is 25.8 Å². The lowest BCUT2D eigenvalue weighted by Crippen LogP contribution is -2.32. The first-order chi connectivity index (χ1) is 7.99. The highest BCUT2D eigenvalue weighted by molar-refractivity contribution is 5.84. The highest BCUT2D eigenvalue weighted by Crippen LogP contribution is 2.21. The van der Waals surface area contributed by atoms with Crippen LogP contribution in [0.1, 0.15) is 67.2 Å². The van der Waals surface area contributed by atoms with E-state index in [1.165, 1.54) is 0 Å².